The summed E-state index contributed by atoms with van der Waals surface area (Å²) in [6.45, 7) is 4.25. The zero-order valence-corrected chi connectivity index (χ0v) is 12.8. The van der Waals surface area contributed by atoms with Gasteiger partial charge in [0.25, 0.3) is 0 Å². The molecule has 0 bridgehead atoms. The summed E-state index contributed by atoms with van der Waals surface area (Å²) in [5, 5.41) is 0. The first kappa shape index (κ1) is 15.2. The summed E-state index contributed by atoms with van der Waals surface area (Å²) in [4.78, 5) is 6.27. The van der Waals surface area contributed by atoms with Gasteiger partial charge in [-0.1, -0.05) is 6.92 Å². The van der Waals surface area contributed by atoms with Gasteiger partial charge in [0.1, 0.15) is 5.82 Å². The van der Waals surface area contributed by atoms with Crippen LogP contribution in [-0.4, -0.2) is 55.3 Å². The molecule has 112 valence electrons. The van der Waals surface area contributed by atoms with Crippen LogP contribution in [0.1, 0.15) is 19.8 Å². The number of hydrogen-bond donors (Lipinski definition) is 1. The van der Waals surface area contributed by atoms with E-state index in [0.717, 1.165) is 25.9 Å². The number of aromatic nitrogens is 1. The summed E-state index contributed by atoms with van der Waals surface area (Å²) in [6, 6.07) is 2.94. The minimum absolute atomic E-state index is 0.00175. The maximum Gasteiger partial charge on any atom is 0.243 e. The first-order valence-corrected chi connectivity index (χ1v) is 8.31. The van der Waals surface area contributed by atoms with E-state index in [4.69, 9.17) is 5.73 Å². The van der Waals surface area contributed by atoms with Crippen LogP contribution in [0.3, 0.4) is 0 Å². The van der Waals surface area contributed by atoms with Crippen molar-refractivity contribution in [3.63, 3.8) is 0 Å². The van der Waals surface area contributed by atoms with Gasteiger partial charge >= 0.3 is 0 Å². The fraction of sp³-hybridized carbons (Fsp3) is 0.615. The van der Waals surface area contributed by atoms with Crippen molar-refractivity contribution >= 4 is 15.8 Å². The van der Waals surface area contributed by atoms with E-state index in [1.807, 2.05) is 14.0 Å². The monoisotopic (exact) mass is 298 g/mol. The van der Waals surface area contributed by atoms with Crippen LogP contribution in [0.25, 0.3) is 0 Å². The fourth-order valence-corrected chi connectivity index (χ4v) is 4.35. The molecule has 6 nitrogen and oxygen atoms in total. The average molecular weight is 298 g/mol. The maximum atomic E-state index is 12.8. The zero-order chi connectivity index (χ0) is 14.8. The summed E-state index contributed by atoms with van der Waals surface area (Å²) in [7, 11) is -1.47. The third-order valence-electron chi connectivity index (χ3n) is 3.68. The lowest BCUT2D eigenvalue weighted by Gasteiger charge is -2.29. The Morgan fingerprint density at radius 3 is 2.85 bits per heavy atom. The third kappa shape index (κ3) is 3.11. The molecule has 0 radical (unpaired) electrons. The van der Waals surface area contributed by atoms with Crippen LogP contribution >= 0.6 is 0 Å². The van der Waals surface area contributed by atoms with E-state index in [2.05, 4.69) is 9.88 Å². The van der Waals surface area contributed by atoms with Crippen molar-refractivity contribution in [2.45, 2.75) is 30.7 Å². The van der Waals surface area contributed by atoms with E-state index in [-0.39, 0.29) is 16.8 Å². The minimum atomic E-state index is -3.51. The minimum Gasteiger partial charge on any atom is -0.384 e. The predicted octanol–water partition coefficient (Wildman–Crippen LogP) is 0.769. The Bertz CT molecular complexity index is 561. The molecule has 1 aliphatic heterocycles. The Kier molecular flexibility index (Phi) is 4.62. The van der Waals surface area contributed by atoms with Gasteiger partial charge in [-0.3, -0.25) is 0 Å². The van der Waals surface area contributed by atoms with E-state index in [1.54, 1.807) is 4.31 Å². The average Bonchev–Trinajstić information content (AvgIpc) is 2.60. The summed E-state index contributed by atoms with van der Waals surface area (Å²) in [5.74, 6) is 0.228. The van der Waals surface area contributed by atoms with E-state index in [1.165, 1.54) is 18.3 Å². The van der Waals surface area contributed by atoms with Gasteiger partial charge in [-0.25, -0.2) is 13.4 Å². The Labute approximate surface area is 120 Å². The molecule has 1 unspecified atom stereocenters. The Hall–Kier alpha value is -1.18. The number of sulfonamides is 1. The number of nitrogens with zero attached hydrogens (tertiary/aromatic N) is 3. The van der Waals surface area contributed by atoms with Gasteiger partial charge in [0, 0.05) is 31.4 Å². The second-order valence-corrected chi connectivity index (χ2v) is 7.10. The SMILES string of the molecule is CCC1CN(C)CCCN1S(=O)(=O)c1ccnc(N)c1. The highest BCUT2D eigenvalue weighted by atomic mass is 32.2. The number of nitrogens with two attached hydrogens (primary N) is 1. The van der Waals surface area contributed by atoms with Gasteiger partial charge in [0.05, 0.1) is 4.90 Å². The Balaban J connectivity index is 2.36. The summed E-state index contributed by atoms with van der Waals surface area (Å²) in [6.07, 6.45) is 3.07. The molecule has 0 amide bonds. The smallest absolute Gasteiger partial charge is 0.243 e. The zero-order valence-electron chi connectivity index (χ0n) is 12.0. The van der Waals surface area contributed by atoms with Crippen LogP contribution in [0.5, 0.6) is 0 Å². The molecule has 0 saturated carbocycles. The Morgan fingerprint density at radius 1 is 1.45 bits per heavy atom. The normalized spacial score (nSPS) is 22.6. The molecule has 20 heavy (non-hydrogen) atoms. The first-order valence-electron chi connectivity index (χ1n) is 6.87. The molecule has 7 heteroatoms. The predicted molar refractivity (Wildman–Crippen MR) is 78.7 cm³/mol. The number of pyridine rings is 1. The van der Waals surface area contributed by atoms with Gasteiger partial charge in [-0.05, 0) is 32.5 Å². The number of likely N-dealkylation sites (N-methyl/N-ethyl adjacent to an activating group) is 1. The van der Waals surface area contributed by atoms with Gasteiger partial charge in [0.15, 0.2) is 0 Å². The molecule has 1 atom stereocenters. The summed E-state index contributed by atoms with van der Waals surface area (Å²) in [5.41, 5.74) is 5.60. The quantitative estimate of drug-likeness (QED) is 0.891. The van der Waals surface area contributed by atoms with Crippen molar-refractivity contribution in [2.24, 2.45) is 0 Å². The second-order valence-electron chi connectivity index (χ2n) is 5.21. The van der Waals surface area contributed by atoms with Crippen molar-refractivity contribution in [1.29, 1.82) is 0 Å². The van der Waals surface area contributed by atoms with Crippen molar-refractivity contribution in [3.05, 3.63) is 18.3 Å². The van der Waals surface area contributed by atoms with Gasteiger partial charge in [0.2, 0.25) is 10.0 Å². The largest absolute Gasteiger partial charge is 0.384 e. The highest BCUT2D eigenvalue weighted by molar-refractivity contribution is 7.89. The molecule has 0 spiro atoms. The topological polar surface area (TPSA) is 79.5 Å². The molecule has 0 aliphatic carbocycles. The fourth-order valence-electron chi connectivity index (χ4n) is 2.59. The van der Waals surface area contributed by atoms with E-state index >= 15 is 0 Å². The van der Waals surface area contributed by atoms with Crippen LogP contribution in [-0.2, 0) is 10.0 Å². The van der Waals surface area contributed by atoms with Crippen molar-refractivity contribution in [2.75, 3.05) is 32.4 Å². The molecule has 1 aromatic heterocycles. The van der Waals surface area contributed by atoms with Crippen molar-refractivity contribution in [1.82, 2.24) is 14.2 Å². The highest BCUT2D eigenvalue weighted by Crippen LogP contribution is 2.23. The third-order valence-corrected chi connectivity index (χ3v) is 5.63. The molecular weight excluding hydrogens is 276 g/mol. The van der Waals surface area contributed by atoms with E-state index in [0.29, 0.717) is 6.54 Å². The molecule has 2 heterocycles. The lowest BCUT2D eigenvalue weighted by molar-refractivity contribution is 0.270. The Morgan fingerprint density at radius 2 is 2.20 bits per heavy atom. The van der Waals surface area contributed by atoms with Crippen LogP contribution in [0.4, 0.5) is 5.82 Å². The molecular formula is C13H22N4O2S. The van der Waals surface area contributed by atoms with E-state index in [9.17, 15) is 8.42 Å². The molecule has 0 aromatic carbocycles. The number of anilines is 1. The molecule has 1 aromatic rings. The number of rotatable bonds is 3. The van der Waals surface area contributed by atoms with Crippen molar-refractivity contribution < 1.29 is 8.42 Å². The van der Waals surface area contributed by atoms with E-state index < -0.39 is 10.0 Å². The first-order chi connectivity index (χ1) is 9.45. The van der Waals surface area contributed by atoms with Crippen LogP contribution in [0.2, 0.25) is 0 Å². The molecule has 2 N–H and O–H groups in total. The van der Waals surface area contributed by atoms with Crippen molar-refractivity contribution in [3.8, 4) is 0 Å². The van der Waals surface area contributed by atoms with Gasteiger partial charge in [-0.2, -0.15) is 4.31 Å². The maximum absolute atomic E-state index is 12.8. The second kappa shape index (κ2) is 6.07. The summed E-state index contributed by atoms with van der Waals surface area (Å²) < 4.78 is 27.2. The van der Waals surface area contributed by atoms with Crippen LogP contribution in [0.15, 0.2) is 23.2 Å². The standard InChI is InChI=1S/C13H22N4O2S/c1-3-11-10-16(2)7-4-8-17(11)20(18,19)12-5-6-15-13(14)9-12/h5-6,9,11H,3-4,7-8,10H2,1-2H3,(H2,14,15). The molecule has 2 rings (SSSR count). The van der Waals surface area contributed by atoms with Crippen LogP contribution < -0.4 is 5.73 Å². The van der Waals surface area contributed by atoms with Gasteiger partial charge in [-0.15, -0.1) is 0 Å². The molecule has 1 fully saturated rings. The molecule has 1 aliphatic rings. The van der Waals surface area contributed by atoms with Crippen LogP contribution in [0, 0.1) is 0 Å². The summed E-state index contributed by atoms with van der Waals surface area (Å²) >= 11 is 0. The number of hydrogen-bond acceptors (Lipinski definition) is 5. The molecule has 1 saturated heterocycles. The highest BCUT2D eigenvalue weighted by Gasteiger charge is 2.32. The number of nitrogen functional groups attached to an aromatic ring is 1. The lowest BCUT2D eigenvalue weighted by Crippen LogP contribution is -2.43. The van der Waals surface area contributed by atoms with Gasteiger partial charge < -0.3 is 10.6 Å². The lowest BCUT2D eigenvalue weighted by atomic mass is 10.2.